The first kappa shape index (κ1) is 13.6. The Morgan fingerprint density at radius 3 is 2.21 bits per heavy atom. The van der Waals surface area contributed by atoms with Crippen molar-refractivity contribution in [3.8, 4) is 16.9 Å². The van der Waals surface area contributed by atoms with Crippen molar-refractivity contribution in [1.82, 2.24) is 0 Å². The number of rotatable bonds is 3. The minimum atomic E-state index is -4.44. The van der Waals surface area contributed by atoms with Gasteiger partial charge >= 0.3 is 0 Å². The van der Waals surface area contributed by atoms with Crippen LogP contribution in [0.5, 0.6) is 5.75 Å². The normalized spacial score (nSPS) is 11.3. The number of benzene rings is 2. The zero-order valence-electron chi connectivity index (χ0n) is 10.6. The standard InChI is InChI=1S/C14H14O4S/c1-10-3-8-13(19(15,16)17)9-14(10)11-4-6-12(18-2)7-5-11/h3-9H,1-2H3,(H,15,16,17)/p-1. The highest BCUT2D eigenvalue weighted by Crippen LogP contribution is 2.27. The molecule has 0 aliphatic rings. The predicted octanol–water partition coefficient (Wildman–Crippen LogP) is 2.57. The zero-order chi connectivity index (χ0) is 14.0. The molecule has 0 spiro atoms. The van der Waals surface area contributed by atoms with Gasteiger partial charge in [0.2, 0.25) is 0 Å². The van der Waals surface area contributed by atoms with Gasteiger partial charge in [-0.15, -0.1) is 0 Å². The SMILES string of the molecule is COc1ccc(-c2cc(S(=O)(=O)[O-])ccc2C)cc1. The van der Waals surface area contributed by atoms with E-state index in [1.54, 1.807) is 25.3 Å². The van der Waals surface area contributed by atoms with E-state index in [-0.39, 0.29) is 4.90 Å². The molecule has 5 heteroatoms. The summed E-state index contributed by atoms with van der Waals surface area (Å²) in [7, 11) is -2.86. The van der Waals surface area contributed by atoms with E-state index in [0.717, 1.165) is 16.7 Å². The molecule has 0 amide bonds. The van der Waals surface area contributed by atoms with E-state index in [9.17, 15) is 13.0 Å². The van der Waals surface area contributed by atoms with Crippen LogP contribution in [-0.4, -0.2) is 20.1 Å². The number of hydrogen-bond donors (Lipinski definition) is 0. The van der Waals surface area contributed by atoms with Crippen molar-refractivity contribution in [2.45, 2.75) is 11.8 Å². The molecule has 0 fully saturated rings. The van der Waals surface area contributed by atoms with Gasteiger partial charge in [-0.2, -0.15) is 0 Å². The highest BCUT2D eigenvalue weighted by molar-refractivity contribution is 7.85. The fourth-order valence-electron chi connectivity index (χ4n) is 1.84. The Morgan fingerprint density at radius 2 is 1.68 bits per heavy atom. The Bertz CT molecular complexity index is 688. The monoisotopic (exact) mass is 277 g/mol. The maximum atomic E-state index is 11.1. The molecular weight excluding hydrogens is 264 g/mol. The molecule has 0 heterocycles. The molecule has 0 bridgehead atoms. The van der Waals surface area contributed by atoms with Gasteiger partial charge in [-0.25, -0.2) is 8.42 Å². The fourth-order valence-corrected chi connectivity index (χ4v) is 2.34. The quantitative estimate of drug-likeness (QED) is 0.809. The van der Waals surface area contributed by atoms with Crippen molar-refractivity contribution in [3.63, 3.8) is 0 Å². The van der Waals surface area contributed by atoms with Crippen molar-refractivity contribution in [1.29, 1.82) is 0 Å². The lowest BCUT2D eigenvalue weighted by atomic mass is 10.0. The molecule has 0 aromatic heterocycles. The molecule has 2 aromatic carbocycles. The van der Waals surface area contributed by atoms with E-state index in [1.165, 1.54) is 12.1 Å². The first-order valence-corrected chi connectivity index (χ1v) is 7.03. The molecule has 0 saturated heterocycles. The molecule has 0 radical (unpaired) electrons. The lowest BCUT2D eigenvalue weighted by molar-refractivity contribution is 0.415. The first-order valence-electron chi connectivity index (χ1n) is 5.63. The smallest absolute Gasteiger partial charge is 0.124 e. The molecule has 19 heavy (non-hydrogen) atoms. The average Bonchev–Trinajstić information content (AvgIpc) is 2.38. The van der Waals surface area contributed by atoms with E-state index < -0.39 is 10.1 Å². The summed E-state index contributed by atoms with van der Waals surface area (Å²) in [6.07, 6.45) is 0. The summed E-state index contributed by atoms with van der Waals surface area (Å²) >= 11 is 0. The minimum absolute atomic E-state index is 0.219. The third kappa shape index (κ3) is 2.94. The van der Waals surface area contributed by atoms with Gasteiger partial charge in [0.05, 0.1) is 12.0 Å². The summed E-state index contributed by atoms with van der Waals surface area (Å²) in [5.41, 5.74) is 2.46. The number of methoxy groups -OCH3 is 1. The Morgan fingerprint density at radius 1 is 1.05 bits per heavy atom. The van der Waals surface area contributed by atoms with Crippen LogP contribution in [0.15, 0.2) is 47.4 Å². The average molecular weight is 277 g/mol. The molecule has 0 atom stereocenters. The second-order valence-electron chi connectivity index (χ2n) is 4.16. The van der Waals surface area contributed by atoms with Crippen LogP contribution in [0.25, 0.3) is 11.1 Å². The first-order chi connectivity index (χ1) is 8.91. The lowest BCUT2D eigenvalue weighted by Crippen LogP contribution is -1.99. The summed E-state index contributed by atoms with van der Waals surface area (Å²) < 4.78 is 38.2. The number of hydrogen-bond acceptors (Lipinski definition) is 4. The Kier molecular flexibility index (Phi) is 3.59. The highest BCUT2D eigenvalue weighted by atomic mass is 32.2. The van der Waals surface area contributed by atoms with E-state index in [0.29, 0.717) is 5.75 Å². The second kappa shape index (κ2) is 5.03. The Labute approximate surface area is 112 Å². The molecule has 2 rings (SSSR count). The summed E-state index contributed by atoms with van der Waals surface area (Å²) in [6.45, 7) is 1.86. The minimum Gasteiger partial charge on any atom is -0.744 e. The van der Waals surface area contributed by atoms with Crippen LogP contribution < -0.4 is 4.74 Å². The van der Waals surface area contributed by atoms with Gasteiger partial charge in [-0.1, -0.05) is 18.2 Å². The predicted molar refractivity (Wildman–Crippen MR) is 71.1 cm³/mol. The van der Waals surface area contributed by atoms with Crippen molar-refractivity contribution in [3.05, 3.63) is 48.0 Å². The molecule has 4 nitrogen and oxygen atoms in total. The number of aryl methyl sites for hydroxylation is 1. The zero-order valence-corrected chi connectivity index (χ0v) is 11.4. The van der Waals surface area contributed by atoms with Crippen LogP contribution in [0.3, 0.4) is 0 Å². The second-order valence-corrected chi connectivity index (χ2v) is 5.54. The van der Waals surface area contributed by atoms with Gasteiger partial charge in [0.25, 0.3) is 0 Å². The molecule has 0 aliphatic heterocycles. The van der Waals surface area contributed by atoms with Crippen LogP contribution >= 0.6 is 0 Å². The third-order valence-corrected chi connectivity index (χ3v) is 3.73. The van der Waals surface area contributed by atoms with E-state index in [4.69, 9.17) is 4.74 Å². The van der Waals surface area contributed by atoms with Crippen molar-refractivity contribution in [2.24, 2.45) is 0 Å². The molecule has 0 unspecified atom stereocenters. The van der Waals surface area contributed by atoms with E-state index >= 15 is 0 Å². The van der Waals surface area contributed by atoms with Crippen molar-refractivity contribution < 1.29 is 17.7 Å². The highest BCUT2D eigenvalue weighted by Gasteiger charge is 2.07. The summed E-state index contributed by atoms with van der Waals surface area (Å²) in [6, 6.07) is 11.6. The van der Waals surface area contributed by atoms with Crippen LogP contribution in [0.2, 0.25) is 0 Å². The van der Waals surface area contributed by atoms with Gasteiger partial charge in [0, 0.05) is 0 Å². The third-order valence-electron chi connectivity index (χ3n) is 2.90. The van der Waals surface area contributed by atoms with Gasteiger partial charge in [-0.3, -0.25) is 0 Å². The van der Waals surface area contributed by atoms with Crippen LogP contribution in [0.1, 0.15) is 5.56 Å². The van der Waals surface area contributed by atoms with Gasteiger partial charge in [0.1, 0.15) is 15.9 Å². The molecule has 2 aromatic rings. The van der Waals surface area contributed by atoms with E-state index in [1.807, 2.05) is 19.1 Å². The van der Waals surface area contributed by atoms with Gasteiger partial charge in [0.15, 0.2) is 0 Å². The fraction of sp³-hybridized carbons (Fsp3) is 0.143. The van der Waals surface area contributed by atoms with Gasteiger partial charge < -0.3 is 9.29 Å². The molecule has 0 saturated carbocycles. The molecule has 100 valence electrons. The van der Waals surface area contributed by atoms with Gasteiger partial charge in [-0.05, 0) is 47.9 Å². The van der Waals surface area contributed by atoms with Crippen LogP contribution in [-0.2, 0) is 10.1 Å². The van der Waals surface area contributed by atoms with Crippen molar-refractivity contribution in [2.75, 3.05) is 7.11 Å². The number of ether oxygens (including phenoxy) is 1. The largest absolute Gasteiger partial charge is 0.744 e. The Balaban J connectivity index is 2.54. The maximum absolute atomic E-state index is 11.1. The maximum Gasteiger partial charge on any atom is 0.124 e. The molecular formula is C14H13O4S-. The molecule has 0 aliphatic carbocycles. The summed E-state index contributed by atoms with van der Waals surface area (Å²) in [5, 5.41) is 0. The lowest BCUT2D eigenvalue weighted by Gasteiger charge is -2.12. The summed E-state index contributed by atoms with van der Waals surface area (Å²) in [5.74, 6) is 0.717. The van der Waals surface area contributed by atoms with Crippen molar-refractivity contribution >= 4 is 10.1 Å². The van der Waals surface area contributed by atoms with E-state index in [2.05, 4.69) is 0 Å². The Hall–Kier alpha value is -1.85. The van der Waals surface area contributed by atoms with Crippen LogP contribution in [0.4, 0.5) is 0 Å². The molecule has 0 N–H and O–H groups in total. The summed E-state index contributed by atoms with van der Waals surface area (Å²) in [4.78, 5) is -0.219. The topological polar surface area (TPSA) is 66.4 Å². The van der Waals surface area contributed by atoms with Crippen LogP contribution in [0, 0.1) is 6.92 Å².